The number of benzene rings is 8. The largest absolute Gasteiger partial charge is 0.238 e. The van der Waals surface area contributed by atoms with Crippen molar-refractivity contribution in [1.82, 2.24) is 18.7 Å². The SMILES string of the molecule is [2H]C([2H])([2H])c1cc(-n2c3ccccc3c3ccc(Oc4ccc5c(c4)C(n4[c](=[Pt])n(-c6c(-c7ccccc7)cccc6-c6ccccc6)c6ccccc64)CCCC5)cc32)ncc1-c1ccccc1. The zero-order chi connectivity index (χ0) is 46.6. The van der Waals surface area contributed by atoms with E-state index < -0.39 is 6.85 Å². The van der Waals surface area contributed by atoms with Gasteiger partial charge in [-0.2, -0.15) is 0 Å². The molecule has 0 spiro atoms. The van der Waals surface area contributed by atoms with Crippen molar-refractivity contribution in [3.63, 3.8) is 0 Å². The van der Waals surface area contributed by atoms with Crippen molar-refractivity contribution in [3.8, 4) is 56.4 Å². The van der Waals surface area contributed by atoms with Crippen LogP contribution in [0.2, 0.25) is 0 Å². The molecule has 0 bridgehead atoms. The summed E-state index contributed by atoms with van der Waals surface area (Å²) in [5.41, 5.74) is 14.3. The number of hydrogen-bond acceptors (Lipinski definition) is 2. The monoisotopic (exact) mass is 1040 g/mol. The van der Waals surface area contributed by atoms with Gasteiger partial charge in [0.15, 0.2) is 0 Å². The number of rotatable bonds is 8. The van der Waals surface area contributed by atoms with E-state index in [0.29, 0.717) is 17.1 Å². The third-order valence-corrected chi connectivity index (χ3v) is 14.3. The van der Waals surface area contributed by atoms with Gasteiger partial charge in [0.05, 0.1) is 0 Å². The van der Waals surface area contributed by atoms with Gasteiger partial charge in [-0.05, 0) is 30.1 Å². The smallest absolute Gasteiger partial charge is 0.0374 e. The topological polar surface area (TPSA) is 36.9 Å². The maximum atomic E-state index is 8.57. The van der Waals surface area contributed by atoms with Gasteiger partial charge in [-0.25, -0.2) is 4.98 Å². The number of hydrogen-bond donors (Lipinski definition) is 0. The predicted molar refractivity (Wildman–Crippen MR) is 266 cm³/mol. The maximum Gasteiger partial charge on any atom is 0.0374 e. The molecule has 11 aromatic rings. The number of aromatic nitrogens is 4. The normalized spacial score (nSPS) is 14.7. The first-order chi connectivity index (χ1) is 33.8. The van der Waals surface area contributed by atoms with Crippen LogP contribution in [0.3, 0.4) is 0 Å². The zero-order valence-electron chi connectivity index (χ0n) is 39.0. The van der Waals surface area contributed by atoms with Gasteiger partial charge in [-0.3, -0.25) is 0 Å². The van der Waals surface area contributed by atoms with Gasteiger partial charge in [-0.15, -0.1) is 0 Å². The number of pyridine rings is 1. The maximum absolute atomic E-state index is 8.57. The first kappa shape index (κ1) is 36.9. The van der Waals surface area contributed by atoms with E-state index in [9.17, 15) is 0 Å². The van der Waals surface area contributed by atoms with Crippen LogP contribution in [0.4, 0.5) is 0 Å². The molecular formula is C60H46N4OPt. The molecule has 0 saturated heterocycles. The van der Waals surface area contributed by atoms with Gasteiger partial charge in [0.2, 0.25) is 0 Å². The minimum absolute atomic E-state index is 0.0520. The molecule has 1 atom stereocenters. The van der Waals surface area contributed by atoms with Gasteiger partial charge in [-0.1, -0.05) is 48.5 Å². The standard InChI is InChI=1S/C60H46N4O.Pt/c1-41-36-59(61-39-53(41)44-22-9-4-10-23-44)64-55-29-14-12-25-50(55)51-35-34-47(38-58(51)64)65-46-33-32-45-24-11-13-28-54(52(45)37-46)62-40-63(57-31-16-15-30-56(57)62)60-48(42-18-5-2-6-19-42)26-17-27-49(60)43-20-7-3-8-21-43;/h2-10,12,14-23,25-27,29-39,54H,11,13,24,28H2,1H3;/i1D3;. The second-order valence-electron chi connectivity index (χ2n) is 17.1. The van der Waals surface area contributed by atoms with E-state index in [1.54, 1.807) is 12.3 Å². The van der Waals surface area contributed by atoms with Crippen LogP contribution in [-0.2, 0) is 25.8 Å². The van der Waals surface area contributed by atoms with Gasteiger partial charge in [0, 0.05) is 15.9 Å². The Kier molecular flexibility index (Phi) is 9.46. The number of imidazole rings is 1. The molecular weight excluding hydrogens is 988 g/mol. The van der Waals surface area contributed by atoms with E-state index in [1.165, 1.54) is 38.9 Å². The molecule has 1 aliphatic rings. The number of nitrogens with zero attached hydrogens (tertiary/aromatic N) is 4. The van der Waals surface area contributed by atoms with Crippen LogP contribution in [0, 0.1) is 10.7 Å². The van der Waals surface area contributed by atoms with Crippen molar-refractivity contribution in [2.24, 2.45) is 0 Å². The Labute approximate surface area is 399 Å². The Bertz CT molecular complexity index is 3730. The van der Waals surface area contributed by atoms with Crippen LogP contribution < -0.4 is 4.74 Å². The Morgan fingerprint density at radius 1 is 0.545 bits per heavy atom. The molecule has 1 unspecified atom stereocenters. The molecule has 3 heterocycles. The van der Waals surface area contributed by atoms with Crippen LogP contribution >= 0.6 is 0 Å². The van der Waals surface area contributed by atoms with Crippen LogP contribution in [0.5, 0.6) is 11.5 Å². The summed E-state index contributed by atoms with van der Waals surface area (Å²) in [4.78, 5) is 4.94. The fourth-order valence-electron chi connectivity index (χ4n) is 10.2. The second-order valence-corrected chi connectivity index (χ2v) is 18.1. The molecule has 0 fully saturated rings. The third-order valence-electron chi connectivity index (χ3n) is 13.2. The molecule has 0 N–H and O–H groups in total. The number of ether oxygens (including phenoxy) is 1. The Morgan fingerprint density at radius 3 is 1.86 bits per heavy atom. The fraction of sp³-hybridized carbons (Fsp3) is 0.100. The Hall–Kier alpha value is -7.33. The molecule has 12 rings (SSSR count). The van der Waals surface area contributed by atoms with Crippen LogP contribution in [0.1, 0.15) is 46.1 Å². The minimum Gasteiger partial charge on any atom is -0.238 e. The van der Waals surface area contributed by atoms with E-state index in [1.807, 2.05) is 48.5 Å². The Balaban J connectivity index is 0.979. The molecule has 6 heteroatoms. The molecule has 5 nitrogen and oxygen atoms in total. The van der Waals surface area contributed by atoms with Crippen molar-refractivity contribution in [2.75, 3.05) is 0 Å². The average molecular weight is 1040 g/mol. The average Bonchev–Trinajstić information content (AvgIpc) is 3.77. The van der Waals surface area contributed by atoms with Crippen molar-refractivity contribution < 1.29 is 28.2 Å². The second kappa shape index (κ2) is 16.9. The fourth-order valence-corrected chi connectivity index (χ4v) is 11.3. The van der Waals surface area contributed by atoms with E-state index >= 15 is 0 Å². The van der Waals surface area contributed by atoms with Gasteiger partial charge in [0.1, 0.15) is 0 Å². The summed E-state index contributed by atoms with van der Waals surface area (Å²) >= 11 is 2.58. The van der Waals surface area contributed by atoms with Crippen molar-refractivity contribution in [1.29, 1.82) is 0 Å². The van der Waals surface area contributed by atoms with Crippen molar-refractivity contribution in [3.05, 3.63) is 227 Å². The van der Waals surface area contributed by atoms with E-state index in [-0.39, 0.29) is 11.6 Å². The molecule has 322 valence electrons. The van der Waals surface area contributed by atoms with Crippen molar-refractivity contribution in [2.45, 2.75) is 38.6 Å². The van der Waals surface area contributed by atoms with Gasteiger partial charge < -0.3 is 0 Å². The summed E-state index contributed by atoms with van der Waals surface area (Å²) in [5.74, 6) is 1.97. The summed E-state index contributed by atoms with van der Waals surface area (Å²) < 4.78 is 40.8. The predicted octanol–water partition coefficient (Wildman–Crippen LogP) is 15.4. The molecule has 1 aliphatic carbocycles. The number of para-hydroxylation sites is 4. The molecule has 3 aromatic heterocycles. The molecule has 8 aromatic carbocycles. The van der Waals surface area contributed by atoms with Gasteiger partial charge in [0.25, 0.3) is 0 Å². The summed E-state index contributed by atoms with van der Waals surface area (Å²) in [5, 5.41) is 2.07. The molecule has 0 amide bonds. The molecule has 66 heavy (non-hydrogen) atoms. The number of fused-ring (bicyclic) bond motifs is 5. The quantitative estimate of drug-likeness (QED) is 0.142. The van der Waals surface area contributed by atoms with Gasteiger partial charge >= 0.3 is 302 Å². The molecule has 0 radical (unpaired) electrons. The summed E-state index contributed by atoms with van der Waals surface area (Å²) in [7, 11) is 0. The molecule has 0 aliphatic heterocycles. The molecule has 0 saturated carbocycles. The number of aryl methyl sites for hydroxylation is 2. The summed E-state index contributed by atoms with van der Waals surface area (Å²) in [6.07, 6.45) is 5.88. The van der Waals surface area contributed by atoms with Crippen LogP contribution in [-0.4, -0.2) is 18.7 Å². The first-order valence-electron chi connectivity index (χ1n) is 24.1. The van der Waals surface area contributed by atoms with Crippen LogP contribution in [0.15, 0.2) is 206 Å². The third kappa shape index (κ3) is 6.98. The zero-order valence-corrected chi connectivity index (χ0v) is 38.3. The van der Waals surface area contributed by atoms with E-state index in [2.05, 4.69) is 179 Å². The summed E-state index contributed by atoms with van der Waals surface area (Å²) in [6, 6.07) is 69.4. The van der Waals surface area contributed by atoms with Crippen molar-refractivity contribution >= 4 is 32.8 Å². The first-order valence-corrected chi connectivity index (χ1v) is 23.8. The van der Waals surface area contributed by atoms with E-state index in [4.69, 9.17) is 13.8 Å². The Morgan fingerprint density at radius 2 is 1.15 bits per heavy atom. The van der Waals surface area contributed by atoms with E-state index in [0.717, 1.165) is 73.8 Å². The van der Waals surface area contributed by atoms with Crippen LogP contribution in [0.25, 0.3) is 77.7 Å². The summed E-state index contributed by atoms with van der Waals surface area (Å²) in [6.45, 7) is -2.36. The minimum atomic E-state index is -2.36.